The van der Waals surface area contributed by atoms with Crippen LogP contribution in [-0.2, 0) is 9.63 Å². The van der Waals surface area contributed by atoms with Crippen molar-refractivity contribution in [2.24, 2.45) is 0 Å². The van der Waals surface area contributed by atoms with Gasteiger partial charge in [-0.3, -0.25) is 19.4 Å². The zero-order valence-corrected chi connectivity index (χ0v) is 16.0. The zero-order chi connectivity index (χ0) is 20.9. The molecule has 0 aliphatic heterocycles. The maximum Gasteiger partial charge on any atom is 0.276 e. The lowest BCUT2D eigenvalue weighted by Crippen LogP contribution is -2.42. The Morgan fingerprint density at radius 2 is 2.00 bits per heavy atom. The highest BCUT2D eigenvalue weighted by Gasteiger charge is 2.41. The number of aromatic nitrogens is 2. The number of alkyl halides is 2. The first kappa shape index (κ1) is 21.4. The fourth-order valence-electron chi connectivity index (χ4n) is 2.69. The molecule has 2 aromatic heterocycles. The molecule has 0 aliphatic rings. The van der Waals surface area contributed by atoms with E-state index in [1.807, 2.05) is 0 Å². The van der Waals surface area contributed by atoms with Gasteiger partial charge in [0, 0.05) is 37.9 Å². The van der Waals surface area contributed by atoms with Crippen LogP contribution < -0.4 is 10.8 Å². The number of aryl methyl sites for hydroxylation is 1. The molecule has 28 heavy (non-hydrogen) atoms. The van der Waals surface area contributed by atoms with Crippen LogP contribution in [0.25, 0.3) is 0 Å². The topological polar surface area (TPSA) is 93.2 Å². The second-order valence-electron chi connectivity index (χ2n) is 6.56. The van der Waals surface area contributed by atoms with Gasteiger partial charge in [-0.1, -0.05) is 6.92 Å². The van der Waals surface area contributed by atoms with Crippen molar-refractivity contribution in [1.82, 2.24) is 15.4 Å². The lowest BCUT2D eigenvalue weighted by Gasteiger charge is -2.29. The number of rotatable bonds is 7. The van der Waals surface area contributed by atoms with Crippen LogP contribution in [0.5, 0.6) is 0 Å². The fourth-order valence-corrected chi connectivity index (χ4v) is 2.69. The van der Waals surface area contributed by atoms with E-state index < -0.39 is 23.9 Å². The zero-order valence-electron chi connectivity index (χ0n) is 16.0. The summed E-state index contributed by atoms with van der Waals surface area (Å²) in [6, 6.07) is 6.16. The Bertz CT molecular complexity index is 841. The molecule has 2 amide bonds. The molecule has 150 valence electrons. The molecule has 0 radical (unpaired) electrons. The Morgan fingerprint density at radius 3 is 2.57 bits per heavy atom. The summed E-state index contributed by atoms with van der Waals surface area (Å²) in [5.74, 6) is -4.82. The van der Waals surface area contributed by atoms with Crippen molar-refractivity contribution in [2.75, 3.05) is 5.32 Å². The highest BCUT2D eigenvalue weighted by Crippen LogP contribution is 2.33. The number of hydrogen-bond acceptors (Lipinski definition) is 5. The molecule has 0 saturated carbocycles. The number of amides is 2. The highest BCUT2D eigenvalue weighted by molar-refractivity contribution is 5.93. The molecule has 7 nitrogen and oxygen atoms in total. The van der Waals surface area contributed by atoms with Crippen LogP contribution >= 0.6 is 0 Å². The van der Waals surface area contributed by atoms with Crippen molar-refractivity contribution < 1.29 is 23.2 Å². The number of nitrogens with zero attached hydrogens (tertiary/aromatic N) is 2. The molecule has 2 heterocycles. The van der Waals surface area contributed by atoms with Gasteiger partial charge in [-0.2, -0.15) is 0 Å². The van der Waals surface area contributed by atoms with Gasteiger partial charge in [-0.15, -0.1) is 0 Å². The fraction of sp³-hybridized carbons (Fsp3) is 0.368. The molecular weight excluding hydrogens is 370 g/mol. The van der Waals surface area contributed by atoms with Gasteiger partial charge in [-0.25, -0.2) is 19.2 Å². The highest BCUT2D eigenvalue weighted by atomic mass is 19.3. The quantitative estimate of drug-likeness (QED) is 0.706. The van der Waals surface area contributed by atoms with Crippen molar-refractivity contribution >= 4 is 17.6 Å². The number of pyridine rings is 2. The minimum absolute atomic E-state index is 0.182. The maximum atomic E-state index is 14.2. The first-order chi connectivity index (χ1) is 13.1. The first-order valence-corrected chi connectivity index (χ1v) is 8.58. The number of hydrogen-bond donors (Lipinski definition) is 2. The van der Waals surface area contributed by atoms with Gasteiger partial charge in [0.25, 0.3) is 11.8 Å². The summed E-state index contributed by atoms with van der Waals surface area (Å²) >= 11 is 0. The molecule has 2 atom stereocenters. The lowest BCUT2D eigenvalue weighted by atomic mass is 9.92. The number of halogens is 2. The number of nitrogens with one attached hydrogen (secondary N) is 2. The van der Waals surface area contributed by atoms with Crippen LogP contribution in [0.15, 0.2) is 36.7 Å². The Kier molecular flexibility index (Phi) is 6.74. The molecule has 2 unspecified atom stereocenters. The van der Waals surface area contributed by atoms with Gasteiger partial charge in [0.1, 0.15) is 5.82 Å². The summed E-state index contributed by atoms with van der Waals surface area (Å²) in [4.78, 5) is 36.4. The van der Waals surface area contributed by atoms with Crippen LogP contribution in [0.1, 0.15) is 48.3 Å². The van der Waals surface area contributed by atoms with E-state index in [0.717, 1.165) is 0 Å². The van der Waals surface area contributed by atoms with Crippen molar-refractivity contribution in [2.45, 2.75) is 45.6 Å². The minimum Gasteiger partial charge on any atom is -0.311 e. The van der Waals surface area contributed by atoms with Crippen LogP contribution in [-0.4, -0.2) is 33.8 Å². The number of anilines is 1. The molecule has 9 heteroatoms. The van der Waals surface area contributed by atoms with Gasteiger partial charge in [-0.05, 0) is 36.8 Å². The molecule has 2 N–H and O–H groups in total. The number of carbonyl (C=O) groups is 2. The van der Waals surface area contributed by atoms with Gasteiger partial charge in [0.05, 0.1) is 5.56 Å². The van der Waals surface area contributed by atoms with Gasteiger partial charge < -0.3 is 5.32 Å². The van der Waals surface area contributed by atoms with Crippen molar-refractivity contribution in [3.8, 4) is 0 Å². The Labute approximate surface area is 161 Å². The summed E-state index contributed by atoms with van der Waals surface area (Å²) in [7, 11) is 0. The van der Waals surface area contributed by atoms with Gasteiger partial charge >= 0.3 is 0 Å². The monoisotopic (exact) mass is 392 g/mol. The minimum atomic E-state index is -3.26. The summed E-state index contributed by atoms with van der Waals surface area (Å²) < 4.78 is 28.4. The number of hydroxylamine groups is 1. The van der Waals surface area contributed by atoms with Crippen LogP contribution in [0, 0.1) is 6.92 Å². The van der Waals surface area contributed by atoms with Crippen LogP contribution in [0.2, 0.25) is 0 Å². The van der Waals surface area contributed by atoms with E-state index >= 15 is 0 Å². The lowest BCUT2D eigenvalue weighted by molar-refractivity contribution is -0.156. The van der Waals surface area contributed by atoms with E-state index in [1.54, 1.807) is 26.0 Å². The Morgan fingerprint density at radius 1 is 1.29 bits per heavy atom. The van der Waals surface area contributed by atoms with Crippen LogP contribution in [0.4, 0.5) is 14.6 Å². The molecule has 0 bridgehead atoms. The SMILES string of the molecule is CC(=O)Nc1cc(C(C)C(ONC(=O)c2cccnc2)C(C)(F)F)cc(C)n1. The van der Waals surface area contributed by atoms with Crippen molar-refractivity contribution in [3.05, 3.63) is 53.5 Å². The molecule has 0 aromatic carbocycles. The largest absolute Gasteiger partial charge is 0.311 e. The third-order valence-corrected chi connectivity index (χ3v) is 3.96. The van der Waals surface area contributed by atoms with Gasteiger partial charge in [0.2, 0.25) is 5.91 Å². The van der Waals surface area contributed by atoms with Gasteiger partial charge in [0.15, 0.2) is 6.10 Å². The predicted molar refractivity (Wildman–Crippen MR) is 98.9 cm³/mol. The molecular formula is C19H22F2N4O3. The smallest absolute Gasteiger partial charge is 0.276 e. The third-order valence-electron chi connectivity index (χ3n) is 3.96. The van der Waals surface area contributed by atoms with E-state index in [9.17, 15) is 18.4 Å². The summed E-state index contributed by atoms with van der Waals surface area (Å²) in [6.45, 7) is 5.27. The Hall–Kier alpha value is -2.94. The summed E-state index contributed by atoms with van der Waals surface area (Å²) in [5.41, 5.74) is 3.29. The maximum absolute atomic E-state index is 14.2. The average molecular weight is 392 g/mol. The normalized spacial score (nSPS) is 13.5. The van der Waals surface area contributed by atoms with E-state index in [2.05, 4.69) is 20.8 Å². The Balaban J connectivity index is 2.22. The van der Waals surface area contributed by atoms with E-state index in [-0.39, 0.29) is 17.3 Å². The molecule has 2 aromatic rings. The van der Waals surface area contributed by atoms with E-state index in [4.69, 9.17) is 4.84 Å². The molecule has 0 spiro atoms. The average Bonchev–Trinajstić information content (AvgIpc) is 2.60. The van der Waals surface area contributed by atoms with E-state index in [1.165, 1.54) is 31.5 Å². The molecule has 0 aliphatic carbocycles. The third kappa shape index (κ3) is 5.78. The second kappa shape index (κ2) is 8.83. The van der Waals surface area contributed by atoms with E-state index in [0.29, 0.717) is 18.2 Å². The second-order valence-corrected chi connectivity index (χ2v) is 6.56. The molecule has 2 rings (SSSR count). The molecule has 0 fully saturated rings. The molecule has 0 saturated heterocycles. The predicted octanol–water partition coefficient (Wildman–Crippen LogP) is 3.23. The summed E-state index contributed by atoms with van der Waals surface area (Å²) in [5, 5.41) is 2.54. The van der Waals surface area contributed by atoms with Crippen molar-refractivity contribution in [3.63, 3.8) is 0 Å². The number of carbonyl (C=O) groups excluding carboxylic acids is 2. The van der Waals surface area contributed by atoms with Crippen molar-refractivity contribution in [1.29, 1.82) is 0 Å². The first-order valence-electron chi connectivity index (χ1n) is 8.58. The summed E-state index contributed by atoms with van der Waals surface area (Å²) in [6.07, 6.45) is 1.13. The van der Waals surface area contributed by atoms with Crippen LogP contribution in [0.3, 0.4) is 0 Å². The standard InChI is InChI=1S/C19H22F2N4O3/c1-11-8-15(9-16(23-11)24-13(3)26)12(2)17(19(4,20)21)28-25-18(27)14-6-5-7-22-10-14/h5-10,12,17H,1-4H3,(H,25,27)(H,23,24,26).